The minimum atomic E-state index is 0.172. The lowest BCUT2D eigenvalue weighted by atomic mass is 9.39. The highest BCUT2D eigenvalue weighted by molar-refractivity contribution is 6.89. The Balaban J connectivity index is 1.54. The fourth-order valence-electron chi connectivity index (χ4n) is 6.78. The number of rotatable bonds is 1. The van der Waals surface area contributed by atoms with Gasteiger partial charge in [-0.15, -0.1) is 0 Å². The zero-order chi connectivity index (χ0) is 23.8. The highest BCUT2D eigenvalue weighted by atomic mass is 15.3. The summed E-state index contributed by atoms with van der Waals surface area (Å²) in [6, 6.07) is 40.4. The molecule has 0 saturated heterocycles. The largest absolute Gasteiger partial charge is 0.331 e. The zero-order valence-electron chi connectivity index (χ0n) is 20.2. The Bertz CT molecular complexity index is 1790. The number of para-hydroxylation sites is 2. The van der Waals surface area contributed by atoms with Crippen molar-refractivity contribution in [3.63, 3.8) is 0 Å². The molecule has 0 aromatic heterocycles. The summed E-state index contributed by atoms with van der Waals surface area (Å²) in [7, 11) is 0. The van der Waals surface area contributed by atoms with Gasteiger partial charge in [-0.2, -0.15) is 0 Å². The number of fused-ring (bicyclic) bond motifs is 7. The predicted octanol–water partition coefficient (Wildman–Crippen LogP) is 4.69. The van der Waals surface area contributed by atoms with Crippen LogP contribution in [0.15, 0.2) is 109 Å². The minimum absolute atomic E-state index is 0.172. The lowest BCUT2D eigenvalue weighted by Crippen LogP contribution is -2.61. The van der Waals surface area contributed by atoms with E-state index in [-0.39, 0.29) is 12.1 Å². The SMILES string of the molecule is CB1c2ccccc2N2c3c(cc4ccccc4c31)N(c1ccccc1)C1C=c3ccccc3=CC12. The molecule has 0 amide bonds. The predicted molar refractivity (Wildman–Crippen MR) is 154 cm³/mol. The van der Waals surface area contributed by atoms with Crippen LogP contribution in [0.3, 0.4) is 0 Å². The fraction of sp³-hybridized carbons (Fsp3) is 0.0909. The van der Waals surface area contributed by atoms with Gasteiger partial charge >= 0.3 is 0 Å². The van der Waals surface area contributed by atoms with Crippen molar-refractivity contribution in [3.05, 3.63) is 120 Å². The Kier molecular flexibility index (Phi) is 4.10. The van der Waals surface area contributed by atoms with Gasteiger partial charge in [-0.1, -0.05) is 109 Å². The number of hydrogen-bond donors (Lipinski definition) is 0. The second-order valence-corrected chi connectivity index (χ2v) is 10.2. The van der Waals surface area contributed by atoms with Crippen molar-refractivity contribution in [1.82, 2.24) is 0 Å². The van der Waals surface area contributed by atoms with Gasteiger partial charge in [0, 0.05) is 11.4 Å². The fourth-order valence-corrected chi connectivity index (χ4v) is 6.78. The van der Waals surface area contributed by atoms with E-state index in [1.807, 2.05) is 0 Å². The summed E-state index contributed by atoms with van der Waals surface area (Å²) in [6.45, 7) is 2.69. The minimum Gasteiger partial charge on any atom is -0.331 e. The monoisotopic (exact) mass is 460 g/mol. The van der Waals surface area contributed by atoms with Crippen LogP contribution in [0.4, 0.5) is 22.7 Å². The molecule has 36 heavy (non-hydrogen) atoms. The molecule has 5 aromatic rings. The average Bonchev–Trinajstić information content (AvgIpc) is 2.94. The molecule has 2 atom stereocenters. The standard InChI is InChI=1S/C33H25BN2/c1-34-27-17-9-10-18-28(27)36-30-20-23-12-6-5-11-22(23)19-29(30)35(25-14-3-2-4-15-25)31-21-24-13-7-8-16-26(24)32(34)33(31)36/h2-21,29-30H,1H3. The number of nitrogens with zero attached hydrogens (tertiary/aromatic N) is 2. The third kappa shape index (κ3) is 2.63. The summed E-state index contributed by atoms with van der Waals surface area (Å²) in [4.78, 5) is 5.22. The summed E-state index contributed by atoms with van der Waals surface area (Å²) >= 11 is 0. The van der Waals surface area contributed by atoms with E-state index in [0.717, 1.165) is 0 Å². The second-order valence-electron chi connectivity index (χ2n) is 10.2. The Morgan fingerprint density at radius 2 is 1.25 bits per heavy atom. The smallest absolute Gasteiger partial charge is 0.212 e. The van der Waals surface area contributed by atoms with Crippen molar-refractivity contribution in [1.29, 1.82) is 0 Å². The molecule has 8 rings (SSSR count). The molecule has 2 heterocycles. The van der Waals surface area contributed by atoms with Crippen molar-refractivity contribution in [2.75, 3.05) is 9.80 Å². The molecule has 3 heteroatoms. The van der Waals surface area contributed by atoms with Crippen LogP contribution >= 0.6 is 0 Å². The lowest BCUT2D eigenvalue weighted by molar-refractivity contribution is 0.684. The Morgan fingerprint density at radius 1 is 0.611 bits per heavy atom. The van der Waals surface area contributed by atoms with Gasteiger partial charge in [0.1, 0.15) is 0 Å². The molecule has 5 aromatic carbocycles. The molecule has 0 N–H and O–H groups in total. The molecule has 3 aliphatic rings. The van der Waals surface area contributed by atoms with Crippen molar-refractivity contribution < 1.29 is 0 Å². The first kappa shape index (κ1) is 20.0. The zero-order valence-corrected chi connectivity index (χ0v) is 20.2. The topological polar surface area (TPSA) is 6.48 Å². The molecule has 0 fully saturated rings. The van der Waals surface area contributed by atoms with E-state index in [1.54, 1.807) is 0 Å². The van der Waals surface area contributed by atoms with Gasteiger partial charge in [0.05, 0.1) is 23.5 Å². The molecule has 2 unspecified atom stereocenters. The van der Waals surface area contributed by atoms with Crippen LogP contribution in [0.5, 0.6) is 0 Å². The molecular formula is C33H25BN2. The maximum atomic E-state index is 2.64. The highest BCUT2D eigenvalue weighted by Gasteiger charge is 2.45. The quantitative estimate of drug-likeness (QED) is 0.335. The highest BCUT2D eigenvalue weighted by Crippen LogP contribution is 2.49. The van der Waals surface area contributed by atoms with Crippen molar-refractivity contribution in [2.24, 2.45) is 0 Å². The Hall–Kier alpha value is -4.24. The molecule has 0 spiro atoms. The average molecular weight is 460 g/mol. The van der Waals surface area contributed by atoms with Crippen LogP contribution < -0.4 is 31.2 Å². The molecule has 0 bridgehead atoms. The van der Waals surface area contributed by atoms with E-state index in [1.165, 1.54) is 54.9 Å². The first-order valence-corrected chi connectivity index (χ1v) is 12.9. The molecule has 2 nitrogen and oxygen atoms in total. The van der Waals surface area contributed by atoms with Gasteiger partial charge in [-0.3, -0.25) is 0 Å². The van der Waals surface area contributed by atoms with E-state index < -0.39 is 0 Å². The van der Waals surface area contributed by atoms with E-state index in [4.69, 9.17) is 0 Å². The van der Waals surface area contributed by atoms with Crippen LogP contribution in [-0.2, 0) is 0 Å². The second kappa shape index (κ2) is 7.38. The van der Waals surface area contributed by atoms with E-state index in [9.17, 15) is 0 Å². The van der Waals surface area contributed by atoms with Crippen molar-refractivity contribution in [2.45, 2.75) is 18.9 Å². The molecule has 170 valence electrons. The van der Waals surface area contributed by atoms with Crippen molar-refractivity contribution in [3.8, 4) is 0 Å². The summed E-state index contributed by atoms with van der Waals surface area (Å²) in [6.07, 6.45) is 4.97. The maximum Gasteiger partial charge on any atom is 0.212 e. The van der Waals surface area contributed by atoms with Crippen LogP contribution in [0.1, 0.15) is 0 Å². The molecule has 0 saturated carbocycles. The van der Waals surface area contributed by atoms with E-state index in [0.29, 0.717) is 6.71 Å². The summed E-state index contributed by atoms with van der Waals surface area (Å²) in [5, 5.41) is 5.28. The third-order valence-corrected chi connectivity index (χ3v) is 8.31. The van der Waals surface area contributed by atoms with Gasteiger partial charge < -0.3 is 9.80 Å². The van der Waals surface area contributed by atoms with Gasteiger partial charge in [0.15, 0.2) is 0 Å². The van der Waals surface area contributed by atoms with Crippen LogP contribution in [0.2, 0.25) is 6.82 Å². The van der Waals surface area contributed by atoms with Crippen LogP contribution in [0, 0.1) is 0 Å². The van der Waals surface area contributed by atoms with E-state index in [2.05, 4.69) is 138 Å². The van der Waals surface area contributed by atoms with Crippen molar-refractivity contribution >= 4 is 63.3 Å². The summed E-state index contributed by atoms with van der Waals surface area (Å²) in [5.41, 5.74) is 8.07. The Morgan fingerprint density at radius 3 is 2.06 bits per heavy atom. The van der Waals surface area contributed by atoms with Gasteiger partial charge in [-0.25, -0.2) is 0 Å². The summed E-state index contributed by atoms with van der Waals surface area (Å²) < 4.78 is 0. The molecule has 1 aliphatic carbocycles. The summed E-state index contributed by atoms with van der Waals surface area (Å²) in [5.74, 6) is 0. The number of hydrogen-bond acceptors (Lipinski definition) is 2. The van der Waals surface area contributed by atoms with Gasteiger partial charge in [0.2, 0.25) is 6.71 Å². The first-order valence-electron chi connectivity index (χ1n) is 12.9. The maximum absolute atomic E-state index is 2.64. The van der Waals surface area contributed by atoms with Gasteiger partial charge in [-0.05, 0) is 50.9 Å². The van der Waals surface area contributed by atoms with Crippen LogP contribution in [-0.4, -0.2) is 18.8 Å². The van der Waals surface area contributed by atoms with E-state index >= 15 is 0 Å². The third-order valence-electron chi connectivity index (χ3n) is 8.31. The Labute approximate surface area is 211 Å². The number of anilines is 4. The molecular weight excluding hydrogens is 435 g/mol. The lowest BCUT2D eigenvalue weighted by Gasteiger charge is -2.52. The normalized spacial score (nSPS) is 19.0. The molecule has 0 radical (unpaired) electrons. The molecule has 2 aliphatic heterocycles. The van der Waals surface area contributed by atoms with Gasteiger partial charge in [0.25, 0.3) is 0 Å². The number of benzene rings is 5. The first-order chi connectivity index (χ1) is 17.8. The van der Waals surface area contributed by atoms with Crippen LogP contribution in [0.25, 0.3) is 22.9 Å².